The SMILES string of the molecule is Cl.O=[N+]([O-])c1ccc(-c2noc(C3CCCNC3)n2)cc1. The lowest BCUT2D eigenvalue weighted by atomic mass is 10.00. The number of piperidine rings is 1. The monoisotopic (exact) mass is 310 g/mol. The number of hydrogen-bond donors (Lipinski definition) is 1. The molecule has 0 radical (unpaired) electrons. The van der Waals surface area contributed by atoms with E-state index in [1.165, 1.54) is 12.1 Å². The molecule has 2 heterocycles. The summed E-state index contributed by atoms with van der Waals surface area (Å²) in [6.07, 6.45) is 2.13. The van der Waals surface area contributed by atoms with E-state index in [9.17, 15) is 10.1 Å². The first-order valence-electron chi connectivity index (χ1n) is 6.53. The smallest absolute Gasteiger partial charge is 0.269 e. The highest BCUT2D eigenvalue weighted by molar-refractivity contribution is 5.85. The lowest BCUT2D eigenvalue weighted by Crippen LogP contribution is -2.28. The van der Waals surface area contributed by atoms with E-state index in [2.05, 4.69) is 15.5 Å². The molecule has 1 fully saturated rings. The highest BCUT2D eigenvalue weighted by Crippen LogP contribution is 2.25. The first-order chi connectivity index (χ1) is 9.74. The van der Waals surface area contributed by atoms with Gasteiger partial charge >= 0.3 is 0 Å². The zero-order valence-electron chi connectivity index (χ0n) is 11.2. The summed E-state index contributed by atoms with van der Waals surface area (Å²) < 4.78 is 5.30. The van der Waals surface area contributed by atoms with E-state index in [-0.39, 0.29) is 24.0 Å². The second-order valence-corrected chi connectivity index (χ2v) is 4.80. The van der Waals surface area contributed by atoms with Crippen LogP contribution in [0.4, 0.5) is 5.69 Å². The van der Waals surface area contributed by atoms with Crippen LogP contribution in [0.25, 0.3) is 11.4 Å². The van der Waals surface area contributed by atoms with E-state index in [1.807, 2.05) is 0 Å². The second kappa shape index (κ2) is 6.64. The number of nitrogens with one attached hydrogen (secondary N) is 1. The Labute approximate surface area is 127 Å². The van der Waals surface area contributed by atoms with Gasteiger partial charge in [-0.15, -0.1) is 12.4 Å². The van der Waals surface area contributed by atoms with Crippen molar-refractivity contribution in [3.05, 3.63) is 40.3 Å². The van der Waals surface area contributed by atoms with Gasteiger partial charge in [0.2, 0.25) is 11.7 Å². The molecule has 0 aliphatic carbocycles. The van der Waals surface area contributed by atoms with Crippen molar-refractivity contribution in [2.24, 2.45) is 0 Å². The van der Waals surface area contributed by atoms with Gasteiger partial charge in [-0.2, -0.15) is 4.98 Å². The van der Waals surface area contributed by atoms with Crippen molar-refractivity contribution in [1.29, 1.82) is 0 Å². The minimum Gasteiger partial charge on any atom is -0.339 e. The molecule has 1 N–H and O–H groups in total. The van der Waals surface area contributed by atoms with Crippen LogP contribution >= 0.6 is 12.4 Å². The summed E-state index contributed by atoms with van der Waals surface area (Å²) in [7, 11) is 0. The maximum atomic E-state index is 10.6. The van der Waals surface area contributed by atoms with Gasteiger partial charge in [-0.3, -0.25) is 10.1 Å². The summed E-state index contributed by atoms with van der Waals surface area (Å²) in [5.74, 6) is 1.36. The van der Waals surface area contributed by atoms with Gasteiger partial charge in [0.1, 0.15) is 0 Å². The Balaban J connectivity index is 0.00000161. The van der Waals surface area contributed by atoms with Crippen LogP contribution in [0.2, 0.25) is 0 Å². The molecular weight excluding hydrogens is 296 g/mol. The molecule has 7 nitrogen and oxygen atoms in total. The molecule has 1 aromatic heterocycles. The molecule has 112 valence electrons. The highest BCUT2D eigenvalue weighted by atomic mass is 35.5. The van der Waals surface area contributed by atoms with Crippen molar-refractivity contribution in [3.8, 4) is 11.4 Å². The van der Waals surface area contributed by atoms with Crippen molar-refractivity contribution in [2.45, 2.75) is 18.8 Å². The number of benzene rings is 1. The topological polar surface area (TPSA) is 94.1 Å². The molecule has 2 aromatic rings. The van der Waals surface area contributed by atoms with Gasteiger partial charge < -0.3 is 9.84 Å². The molecule has 1 aliphatic rings. The van der Waals surface area contributed by atoms with Crippen molar-refractivity contribution >= 4 is 18.1 Å². The molecular formula is C13H15ClN4O3. The van der Waals surface area contributed by atoms with Gasteiger partial charge in [-0.25, -0.2) is 0 Å². The summed E-state index contributed by atoms with van der Waals surface area (Å²) in [4.78, 5) is 14.6. The first kappa shape index (κ1) is 15.4. The fourth-order valence-electron chi connectivity index (χ4n) is 2.31. The average molecular weight is 311 g/mol. The number of nitrogens with zero attached hydrogens (tertiary/aromatic N) is 3. The zero-order chi connectivity index (χ0) is 13.9. The summed E-state index contributed by atoms with van der Waals surface area (Å²) in [6, 6.07) is 6.14. The van der Waals surface area contributed by atoms with E-state index in [0.717, 1.165) is 31.5 Å². The summed E-state index contributed by atoms with van der Waals surface area (Å²) in [5, 5.41) is 17.9. The fourth-order valence-corrected chi connectivity index (χ4v) is 2.31. The van der Waals surface area contributed by atoms with Crippen LogP contribution in [0.3, 0.4) is 0 Å². The second-order valence-electron chi connectivity index (χ2n) is 4.80. The fraction of sp³-hybridized carbons (Fsp3) is 0.385. The van der Waals surface area contributed by atoms with Gasteiger partial charge in [0.25, 0.3) is 5.69 Å². The zero-order valence-corrected chi connectivity index (χ0v) is 12.0. The van der Waals surface area contributed by atoms with Crippen molar-refractivity contribution in [1.82, 2.24) is 15.5 Å². The maximum absolute atomic E-state index is 10.6. The predicted molar refractivity (Wildman–Crippen MR) is 78.5 cm³/mol. The van der Waals surface area contributed by atoms with E-state index in [1.54, 1.807) is 12.1 Å². The van der Waals surface area contributed by atoms with Crippen LogP contribution in [0, 0.1) is 10.1 Å². The molecule has 0 amide bonds. The van der Waals surface area contributed by atoms with Crippen LogP contribution in [0.15, 0.2) is 28.8 Å². The van der Waals surface area contributed by atoms with Crippen LogP contribution in [-0.2, 0) is 0 Å². The molecule has 1 saturated heterocycles. The molecule has 1 aromatic carbocycles. The summed E-state index contributed by atoms with van der Waals surface area (Å²) in [6.45, 7) is 1.88. The van der Waals surface area contributed by atoms with Crippen LogP contribution in [-0.4, -0.2) is 28.2 Å². The number of nitro groups is 1. The molecule has 1 atom stereocenters. The molecule has 0 bridgehead atoms. The lowest BCUT2D eigenvalue weighted by Gasteiger charge is -2.18. The van der Waals surface area contributed by atoms with Crippen molar-refractivity contribution in [3.63, 3.8) is 0 Å². The number of halogens is 1. The van der Waals surface area contributed by atoms with E-state index in [4.69, 9.17) is 4.52 Å². The van der Waals surface area contributed by atoms with Gasteiger partial charge in [-0.1, -0.05) is 5.16 Å². The first-order valence-corrected chi connectivity index (χ1v) is 6.53. The average Bonchev–Trinajstić information content (AvgIpc) is 2.98. The predicted octanol–water partition coefficient (Wildman–Crippen LogP) is 2.53. The van der Waals surface area contributed by atoms with Crippen LogP contribution in [0.5, 0.6) is 0 Å². The van der Waals surface area contributed by atoms with Gasteiger partial charge in [-0.05, 0) is 31.5 Å². The summed E-state index contributed by atoms with van der Waals surface area (Å²) in [5.41, 5.74) is 0.767. The molecule has 0 saturated carbocycles. The quantitative estimate of drug-likeness (QED) is 0.691. The minimum atomic E-state index is -0.431. The molecule has 8 heteroatoms. The van der Waals surface area contributed by atoms with Crippen LogP contribution in [0.1, 0.15) is 24.7 Å². The number of hydrogen-bond acceptors (Lipinski definition) is 6. The maximum Gasteiger partial charge on any atom is 0.269 e. The third-order valence-corrected chi connectivity index (χ3v) is 3.42. The Hall–Kier alpha value is -1.99. The third-order valence-electron chi connectivity index (χ3n) is 3.42. The van der Waals surface area contributed by atoms with E-state index < -0.39 is 4.92 Å². The number of nitro benzene ring substituents is 1. The Morgan fingerprint density at radius 3 is 2.71 bits per heavy atom. The number of rotatable bonds is 3. The Morgan fingerprint density at radius 1 is 1.33 bits per heavy atom. The minimum absolute atomic E-state index is 0. The summed E-state index contributed by atoms with van der Waals surface area (Å²) >= 11 is 0. The lowest BCUT2D eigenvalue weighted by molar-refractivity contribution is -0.384. The molecule has 0 spiro atoms. The van der Waals surface area contributed by atoms with Gasteiger partial charge in [0.05, 0.1) is 10.8 Å². The van der Waals surface area contributed by atoms with E-state index in [0.29, 0.717) is 11.7 Å². The Kier molecular flexibility index (Phi) is 4.87. The third kappa shape index (κ3) is 3.37. The van der Waals surface area contributed by atoms with Crippen molar-refractivity contribution < 1.29 is 9.45 Å². The number of aromatic nitrogens is 2. The normalized spacial score (nSPS) is 18.0. The number of non-ortho nitro benzene ring substituents is 1. The molecule has 1 unspecified atom stereocenters. The van der Waals surface area contributed by atoms with Gasteiger partial charge in [0, 0.05) is 24.2 Å². The Bertz CT molecular complexity index is 608. The van der Waals surface area contributed by atoms with Gasteiger partial charge in [0.15, 0.2) is 0 Å². The largest absolute Gasteiger partial charge is 0.339 e. The molecule has 1 aliphatic heterocycles. The molecule has 3 rings (SSSR count). The van der Waals surface area contributed by atoms with Crippen molar-refractivity contribution in [2.75, 3.05) is 13.1 Å². The Morgan fingerprint density at radius 2 is 2.10 bits per heavy atom. The van der Waals surface area contributed by atoms with Crippen LogP contribution < -0.4 is 5.32 Å². The molecule has 21 heavy (non-hydrogen) atoms. The standard InChI is InChI=1S/C13H14N4O3.ClH/c18-17(19)11-5-3-9(4-6-11)12-15-13(20-16-12)10-2-1-7-14-8-10;/h3-6,10,14H,1-2,7-8H2;1H. The van der Waals surface area contributed by atoms with E-state index >= 15 is 0 Å². The highest BCUT2D eigenvalue weighted by Gasteiger charge is 2.21.